The van der Waals surface area contributed by atoms with Crippen LogP contribution in [0.5, 0.6) is 0 Å². The molecule has 2 aliphatic heterocycles. The van der Waals surface area contributed by atoms with Crippen LogP contribution in [0.3, 0.4) is 0 Å². The van der Waals surface area contributed by atoms with E-state index >= 15 is 0 Å². The van der Waals surface area contributed by atoms with Crippen LogP contribution in [0.4, 0.5) is 0 Å². The van der Waals surface area contributed by atoms with Crippen LogP contribution >= 0.6 is 0 Å². The van der Waals surface area contributed by atoms with Gasteiger partial charge in [-0.3, -0.25) is 4.68 Å². The Morgan fingerprint density at radius 2 is 1.81 bits per heavy atom. The third kappa shape index (κ3) is 1.54. The zero-order valence-corrected chi connectivity index (χ0v) is 12.7. The van der Waals surface area contributed by atoms with Gasteiger partial charge in [0.15, 0.2) is 5.82 Å². The van der Waals surface area contributed by atoms with Gasteiger partial charge in [-0.2, -0.15) is 5.10 Å². The Hall–Kier alpha value is -1.65. The monoisotopic (exact) mass is 283 g/mol. The van der Waals surface area contributed by atoms with E-state index in [1.807, 2.05) is 17.9 Å². The van der Waals surface area contributed by atoms with E-state index in [1.54, 1.807) is 0 Å². The van der Waals surface area contributed by atoms with Crippen LogP contribution < -0.4 is 0 Å². The molecule has 0 amide bonds. The van der Waals surface area contributed by atoms with Gasteiger partial charge in [-0.15, -0.1) is 10.2 Å². The van der Waals surface area contributed by atoms with Crippen LogP contribution in [0, 0.1) is 18.8 Å². The summed E-state index contributed by atoms with van der Waals surface area (Å²) >= 11 is 0. The van der Waals surface area contributed by atoms with E-state index in [0.29, 0.717) is 12.0 Å². The molecule has 21 heavy (non-hydrogen) atoms. The highest BCUT2D eigenvalue weighted by molar-refractivity contribution is 5.58. The van der Waals surface area contributed by atoms with Gasteiger partial charge in [-0.05, 0) is 50.9 Å². The summed E-state index contributed by atoms with van der Waals surface area (Å²) in [5, 5.41) is 13.6. The molecular weight excluding hydrogens is 262 g/mol. The van der Waals surface area contributed by atoms with Gasteiger partial charge in [0.1, 0.15) is 5.82 Å². The van der Waals surface area contributed by atoms with Gasteiger partial charge < -0.3 is 4.57 Å². The first kappa shape index (κ1) is 12.0. The minimum absolute atomic E-state index is 0.612. The third-order valence-corrected chi connectivity index (χ3v) is 6.04. The van der Waals surface area contributed by atoms with Crippen LogP contribution in [0.1, 0.15) is 55.6 Å². The van der Waals surface area contributed by atoms with Crippen LogP contribution in [0.2, 0.25) is 0 Å². The fourth-order valence-electron chi connectivity index (χ4n) is 5.08. The van der Waals surface area contributed by atoms with Crippen molar-refractivity contribution in [3.63, 3.8) is 0 Å². The molecule has 0 N–H and O–H groups in total. The smallest absolute Gasteiger partial charge is 0.167 e. The predicted octanol–water partition coefficient (Wildman–Crippen LogP) is 2.84. The Morgan fingerprint density at radius 3 is 2.48 bits per heavy atom. The normalized spacial score (nSPS) is 33.2. The standard InChI is InChI=1S/C16H21N5/c1-9-14(8-17-20(9)2)16-19-18-15-12-4-10-3-11(5-12)7-13(6-10)21(15)16/h8,10-13H,3-7H2,1-2H3. The number of nitrogens with zero attached hydrogens (tertiary/aromatic N) is 5. The molecule has 5 heteroatoms. The summed E-state index contributed by atoms with van der Waals surface area (Å²) < 4.78 is 4.41. The Bertz CT molecular complexity index is 698. The van der Waals surface area contributed by atoms with E-state index in [9.17, 15) is 0 Å². The summed E-state index contributed by atoms with van der Waals surface area (Å²) in [4.78, 5) is 0. The predicted molar refractivity (Wildman–Crippen MR) is 78.8 cm³/mol. The van der Waals surface area contributed by atoms with E-state index in [2.05, 4.69) is 26.8 Å². The molecule has 2 aliphatic carbocycles. The minimum atomic E-state index is 0.612. The number of hydrogen-bond acceptors (Lipinski definition) is 3. The Morgan fingerprint density at radius 1 is 1.05 bits per heavy atom. The summed E-state index contributed by atoms with van der Waals surface area (Å²) in [5.74, 6) is 4.77. The lowest BCUT2D eigenvalue weighted by atomic mass is 9.68. The van der Waals surface area contributed by atoms with Crippen molar-refractivity contribution in [1.29, 1.82) is 0 Å². The second kappa shape index (κ2) is 3.96. The zero-order chi connectivity index (χ0) is 14.1. The van der Waals surface area contributed by atoms with Gasteiger partial charge in [0.25, 0.3) is 0 Å². The lowest BCUT2D eigenvalue weighted by Gasteiger charge is -2.38. The maximum Gasteiger partial charge on any atom is 0.167 e. The first-order valence-corrected chi connectivity index (χ1v) is 8.14. The summed E-state index contributed by atoms with van der Waals surface area (Å²) in [6.07, 6.45) is 8.71. The van der Waals surface area contributed by atoms with E-state index in [0.717, 1.165) is 23.2 Å². The maximum absolute atomic E-state index is 4.62. The van der Waals surface area contributed by atoms with Crippen LogP contribution in [-0.2, 0) is 7.05 Å². The van der Waals surface area contributed by atoms with Crippen LogP contribution in [0.15, 0.2) is 6.20 Å². The van der Waals surface area contributed by atoms with Gasteiger partial charge in [0, 0.05) is 24.7 Å². The highest BCUT2D eigenvalue weighted by atomic mass is 15.3. The number of rotatable bonds is 1. The van der Waals surface area contributed by atoms with Crippen LogP contribution in [-0.4, -0.2) is 24.5 Å². The topological polar surface area (TPSA) is 48.5 Å². The van der Waals surface area contributed by atoms with Gasteiger partial charge in [0.2, 0.25) is 0 Å². The summed E-state index contributed by atoms with van der Waals surface area (Å²) in [6.45, 7) is 2.12. The molecule has 6 rings (SSSR count). The van der Waals surface area contributed by atoms with Crippen molar-refractivity contribution in [3.8, 4) is 11.4 Å². The molecule has 2 fully saturated rings. The molecule has 0 radical (unpaired) electrons. The van der Waals surface area contributed by atoms with Gasteiger partial charge in [-0.25, -0.2) is 0 Å². The van der Waals surface area contributed by atoms with Crippen molar-refractivity contribution in [3.05, 3.63) is 17.7 Å². The molecule has 4 heterocycles. The molecule has 2 aromatic heterocycles. The third-order valence-electron chi connectivity index (χ3n) is 6.04. The summed E-state index contributed by atoms with van der Waals surface area (Å²) in [5.41, 5.74) is 2.33. The Labute approximate surface area is 124 Å². The minimum Gasteiger partial charge on any atom is -0.308 e. The van der Waals surface area contributed by atoms with Crippen molar-refractivity contribution in [2.24, 2.45) is 18.9 Å². The van der Waals surface area contributed by atoms with Crippen molar-refractivity contribution < 1.29 is 0 Å². The second-order valence-electron chi connectivity index (χ2n) is 7.28. The first-order valence-electron chi connectivity index (χ1n) is 8.14. The quantitative estimate of drug-likeness (QED) is 0.808. The largest absolute Gasteiger partial charge is 0.308 e. The zero-order valence-electron chi connectivity index (χ0n) is 12.7. The van der Waals surface area contributed by atoms with Crippen molar-refractivity contribution in [1.82, 2.24) is 24.5 Å². The van der Waals surface area contributed by atoms with Gasteiger partial charge in [-0.1, -0.05) is 0 Å². The fraction of sp³-hybridized carbons (Fsp3) is 0.688. The fourth-order valence-corrected chi connectivity index (χ4v) is 5.08. The molecule has 4 bridgehead atoms. The van der Waals surface area contributed by atoms with E-state index in [1.165, 1.54) is 43.6 Å². The van der Waals surface area contributed by atoms with Gasteiger partial charge >= 0.3 is 0 Å². The molecule has 5 nitrogen and oxygen atoms in total. The maximum atomic E-state index is 4.62. The molecule has 110 valence electrons. The van der Waals surface area contributed by atoms with E-state index < -0.39 is 0 Å². The molecule has 0 aromatic carbocycles. The molecule has 2 atom stereocenters. The highest BCUT2D eigenvalue weighted by Crippen LogP contribution is 2.54. The molecule has 4 aliphatic rings. The Kier molecular flexibility index (Phi) is 2.25. The van der Waals surface area contributed by atoms with E-state index in [-0.39, 0.29) is 0 Å². The van der Waals surface area contributed by atoms with E-state index in [4.69, 9.17) is 0 Å². The summed E-state index contributed by atoms with van der Waals surface area (Å²) in [6, 6.07) is 0.612. The molecule has 2 aromatic rings. The molecule has 0 saturated heterocycles. The van der Waals surface area contributed by atoms with Crippen molar-refractivity contribution in [2.75, 3.05) is 0 Å². The SMILES string of the molecule is Cc1c(-c2nnc3n2C2CC4CC(CC3C4)C2)cnn1C. The molecule has 0 spiro atoms. The lowest BCUT2D eigenvalue weighted by Crippen LogP contribution is -2.27. The molecular formula is C16H21N5. The number of aryl methyl sites for hydroxylation is 1. The average molecular weight is 283 g/mol. The average Bonchev–Trinajstić information content (AvgIpc) is 2.98. The van der Waals surface area contributed by atoms with Crippen LogP contribution in [0.25, 0.3) is 11.4 Å². The highest BCUT2D eigenvalue weighted by Gasteiger charge is 2.44. The molecule has 2 unspecified atom stereocenters. The number of aromatic nitrogens is 5. The summed E-state index contributed by atoms with van der Waals surface area (Å²) in [7, 11) is 1.99. The second-order valence-corrected chi connectivity index (χ2v) is 7.28. The van der Waals surface area contributed by atoms with Crippen molar-refractivity contribution >= 4 is 0 Å². The lowest BCUT2D eigenvalue weighted by molar-refractivity contribution is 0.150. The number of hydrogen-bond donors (Lipinski definition) is 0. The van der Waals surface area contributed by atoms with Crippen molar-refractivity contribution in [2.45, 2.75) is 51.0 Å². The van der Waals surface area contributed by atoms with Gasteiger partial charge in [0.05, 0.1) is 11.8 Å². The first-order chi connectivity index (χ1) is 10.2. The molecule has 2 saturated carbocycles. The Balaban J connectivity index is 1.70.